The van der Waals surface area contributed by atoms with E-state index in [1.165, 1.54) is 7.11 Å². The van der Waals surface area contributed by atoms with Crippen LogP contribution in [0.4, 0.5) is 10.5 Å². The molecule has 1 fully saturated rings. The first kappa shape index (κ1) is 17.3. The van der Waals surface area contributed by atoms with Gasteiger partial charge in [0.2, 0.25) is 5.91 Å². The van der Waals surface area contributed by atoms with E-state index in [4.69, 9.17) is 11.6 Å². The van der Waals surface area contributed by atoms with Crippen molar-refractivity contribution >= 4 is 29.3 Å². The maximum absolute atomic E-state index is 12.6. The third-order valence-corrected chi connectivity index (χ3v) is 4.67. The van der Waals surface area contributed by atoms with Gasteiger partial charge in [0.25, 0.3) is 0 Å². The summed E-state index contributed by atoms with van der Waals surface area (Å²) in [6.07, 6.45) is 1.19. The van der Waals surface area contributed by atoms with Crippen LogP contribution < -0.4 is 10.6 Å². The summed E-state index contributed by atoms with van der Waals surface area (Å²) in [5.41, 5.74) is 2.18. The first-order valence-electron chi connectivity index (χ1n) is 8.02. The second-order valence-corrected chi connectivity index (χ2v) is 6.52. The number of methoxy groups -OCH3 is 1. The van der Waals surface area contributed by atoms with Gasteiger partial charge in [-0.2, -0.15) is 0 Å². The predicted molar refractivity (Wildman–Crippen MR) is 96.7 cm³/mol. The van der Waals surface area contributed by atoms with Crippen LogP contribution in [-0.2, 0) is 21.5 Å². The molecule has 5 nitrogen and oxygen atoms in total. The fraction of sp³-hybridized carbons (Fsp3) is 0.263. The minimum atomic E-state index is -0.514. The Kier molecular flexibility index (Phi) is 4.95. The van der Waals surface area contributed by atoms with Gasteiger partial charge in [0, 0.05) is 17.3 Å². The Labute approximate surface area is 151 Å². The lowest BCUT2D eigenvalue weighted by Crippen LogP contribution is -2.34. The molecular formula is C19H19ClN2O3. The summed E-state index contributed by atoms with van der Waals surface area (Å²) in [7, 11) is 1.31. The van der Waals surface area contributed by atoms with Crippen molar-refractivity contribution in [2.24, 2.45) is 0 Å². The van der Waals surface area contributed by atoms with Gasteiger partial charge >= 0.3 is 6.09 Å². The van der Waals surface area contributed by atoms with Gasteiger partial charge in [-0.3, -0.25) is 10.1 Å². The second kappa shape index (κ2) is 7.15. The topological polar surface area (TPSA) is 67.4 Å². The van der Waals surface area contributed by atoms with Gasteiger partial charge in [0.05, 0.1) is 12.5 Å². The van der Waals surface area contributed by atoms with E-state index in [0.717, 1.165) is 24.0 Å². The molecular weight excluding hydrogens is 340 g/mol. The largest absolute Gasteiger partial charge is 0.453 e. The number of carbonyl (C=O) groups excluding carboxylic acids is 2. The standard InChI is InChI=1S/C19H19ClN2O3/c1-25-18(24)22-16-8-2-13(3-9-16)12-21-17(23)19(10-11-19)14-4-6-15(20)7-5-14/h2-9H,10-12H2,1H3,(H,21,23)(H,22,24). The number of rotatable bonds is 5. The Morgan fingerprint density at radius 1 is 1.08 bits per heavy atom. The molecule has 2 N–H and O–H groups in total. The summed E-state index contributed by atoms with van der Waals surface area (Å²) >= 11 is 5.92. The normalized spacial score (nSPS) is 14.5. The molecule has 0 bridgehead atoms. The lowest BCUT2D eigenvalue weighted by Gasteiger charge is -2.16. The van der Waals surface area contributed by atoms with Crippen molar-refractivity contribution in [3.8, 4) is 0 Å². The van der Waals surface area contributed by atoms with E-state index in [9.17, 15) is 9.59 Å². The van der Waals surface area contributed by atoms with E-state index in [-0.39, 0.29) is 5.91 Å². The van der Waals surface area contributed by atoms with E-state index in [0.29, 0.717) is 17.3 Å². The summed E-state index contributed by atoms with van der Waals surface area (Å²) < 4.78 is 4.54. The fourth-order valence-corrected chi connectivity index (χ4v) is 2.89. The minimum Gasteiger partial charge on any atom is -0.453 e. The number of hydrogen-bond acceptors (Lipinski definition) is 3. The van der Waals surface area contributed by atoms with Crippen LogP contribution in [0.5, 0.6) is 0 Å². The zero-order chi connectivity index (χ0) is 17.9. The lowest BCUT2D eigenvalue weighted by atomic mass is 9.95. The Balaban J connectivity index is 1.59. The Morgan fingerprint density at radius 2 is 1.72 bits per heavy atom. The van der Waals surface area contributed by atoms with Gasteiger partial charge in [-0.25, -0.2) is 4.79 Å². The number of ether oxygens (including phenoxy) is 1. The first-order valence-corrected chi connectivity index (χ1v) is 8.39. The van der Waals surface area contributed by atoms with Crippen LogP contribution in [0.25, 0.3) is 0 Å². The fourth-order valence-electron chi connectivity index (χ4n) is 2.77. The Morgan fingerprint density at radius 3 is 2.28 bits per heavy atom. The molecule has 0 spiro atoms. The second-order valence-electron chi connectivity index (χ2n) is 6.09. The maximum atomic E-state index is 12.6. The van der Waals surface area contributed by atoms with Crippen molar-refractivity contribution in [3.63, 3.8) is 0 Å². The zero-order valence-corrected chi connectivity index (χ0v) is 14.6. The van der Waals surface area contributed by atoms with Gasteiger partial charge in [-0.05, 0) is 48.2 Å². The van der Waals surface area contributed by atoms with E-state index < -0.39 is 11.5 Å². The molecule has 1 saturated carbocycles. The van der Waals surface area contributed by atoms with Crippen molar-refractivity contribution in [3.05, 3.63) is 64.7 Å². The number of halogens is 1. The van der Waals surface area contributed by atoms with Gasteiger partial charge in [0.1, 0.15) is 0 Å². The number of nitrogens with one attached hydrogen (secondary N) is 2. The first-order chi connectivity index (χ1) is 12.0. The van der Waals surface area contributed by atoms with Gasteiger partial charge in [-0.15, -0.1) is 0 Å². The third-order valence-electron chi connectivity index (χ3n) is 4.42. The third kappa shape index (κ3) is 3.94. The molecule has 0 atom stereocenters. The molecule has 3 rings (SSSR count). The zero-order valence-electron chi connectivity index (χ0n) is 13.8. The van der Waals surface area contributed by atoms with Crippen molar-refractivity contribution in [1.29, 1.82) is 0 Å². The molecule has 0 radical (unpaired) electrons. The molecule has 0 aliphatic heterocycles. The predicted octanol–water partition coefficient (Wildman–Crippen LogP) is 3.87. The Hall–Kier alpha value is -2.53. The van der Waals surface area contributed by atoms with Crippen LogP contribution in [0, 0.1) is 0 Å². The quantitative estimate of drug-likeness (QED) is 0.852. The Bertz CT molecular complexity index is 768. The van der Waals surface area contributed by atoms with Crippen LogP contribution >= 0.6 is 11.6 Å². The van der Waals surface area contributed by atoms with E-state index in [1.807, 2.05) is 36.4 Å². The minimum absolute atomic E-state index is 0.0339. The van der Waals surface area contributed by atoms with Gasteiger partial charge in [0.15, 0.2) is 0 Å². The summed E-state index contributed by atoms with van der Waals surface area (Å²) in [6, 6.07) is 14.7. The highest BCUT2D eigenvalue weighted by molar-refractivity contribution is 6.30. The van der Waals surface area contributed by atoms with Crippen LogP contribution in [0.2, 0.25) is 5.02 Å². The molecule has 0 heterocycles. The van der Waals surface area contributed by atoms with Gasteiger partial charge < -0.3 is 10.1 Å². The number of amides is 2. The highest BCUT2D eigenvalue weighted by Crippen LogP contribution is 2.48. The summed E-state index contributed by atoms with van der Waals surface area (Å²) in [4.78, 5) is 23.8. The number of benzene rings is 2. The molecule has 2 aromatic rings. The molecule has 25 heavy (non-hydrogen) atoms. The highest BCUT2D eigenvalue weighted by atomic mass is 35.5. The molecule has 1 aliphatic rings. The van der Waals surface area contributed by atoms with Crippen LogP contribution in [-0.4, -0.2) is 19.1 Å². The van der Waals surface area contributed by atoms with Crippen LogP contribution in [0.1, 0.15) is 24.0 Å². The average Bonchev–Trinajstić information content (AvgIpc) is 3.43. The lowest BCUT2D eigenvalue weighted by molar-refractivity contribution is -0.123. The number of hydrogen-bond donors (Lipinski definition) is 2. The van der Waals surface area contributed by atoms with Crippen molar-refractivity contribution < 1.29 is 14.3 Å². The van der Waals surface area contributed by atoms with Crippen LogP contribution in [0.15, 0.2) is 48.5 Å². The van der Waals surface area contributed by atoms with E-state index >= 15 is 0 Å². The highest BCUT2D eigenvalue weighted by Gasteiger charge is 2.50. The van der Waals surface area contributed by atoms with E-state index in [2.05, 4.69) is 15.4 Å². The van der Waals surface area contributed by atoms with Crippen molar-refractivity contribution in [2.75, 3.05) is 12.4 Å². The SMILES string of the molecule is COC(=O)Nc1ccc(CNC(=O)C2(c3ccc(Cl)cc3)CC2)cc1. The van der Waals surface area contributed by atoms with Gasteiger partial charge in [-0.1, -0.05) is 35.9 Å². The summed E-state index contributed by atoms with van der Waals surface area (Å²) in [5, 5.41) is 6.25. The molecule has 0 saturated heterocycles. The molecule has 0 aromatic heterocycles. The smallest absolute Gasteiger partial charge is 0.411 e. The monoisotopic (exact) mass is 358 g/mol. The molecule has 2 aromatic carbocycles. The molecule has 1 aliphatic carbocycles. The van der Waals surface area contributed by atoms with Crippen molar-refractivity contribution in [1.82, 2.24) is 5.32 Å². The number of carbonyl (C=O) groups is 2. The summed E-state index contributed by atoms with van der Waals surface area (Å²) in [6.45, 7) is 0.437. The van der Waals surface area contributed by atoms with E-state index in [1.54, 1.807) is 12.1 Å². The average molecular weight is 359 g/mol. The molecule has 2 amide bonds. The molecule has 130 valence electrons. The van der Waals surface area contributed by atoms with Crippen LogP contribution in [0.3, 0.4) is 0 Å². The van der Waals surface area contributed by atoms with Crippen molar-refractivity contribution in [2.45, 2.75) is 24.8 Å². The number of anilines is 1. The maximum Gasteiger partial charge on any atom is 0.411 e. The summed E-state index contributed by atoms with van der Waals surface area (Å²) in [5.74, 6) is 0.0339. The molecule has 6 heteroatoms. The molecule has 0 unspecified atom stereocenters.